The molecule has 2 rings (SSSR count). The van der Waals surface area contributed by atoms with E-state index in [9.17, 15) is 14.2 Å². The topological polar surface area (TPSA) is 128 Å². The number of nitrogens with two attached hydrogens (primary N) is 2. The minimum Gasteiger partial charge on any atom is -0.484 e. The molecule has 2 amide bonds. The molecule has 8 nitrogen and oxygen atoms in total. The standard InChI is InChI=1S/C13H17N4O4P/c14-13(7-4-8-17(15)12(13)19)22(20)16-11(18)9-21-10-5-2-1-3-6-10/h1-3,5-6H,4,7-9,14-15H2/p+1. The number of hydrogen-bond donors (Lipinski definition) is 3. The molecule has 0 saturated carbocycles. The summed E-state index contributed by atoms with van der Waals surface area (Å²) in [6.45, 7) is 0.0354. The third-order valence-electron chi connectivity index (χ3n) is 3.29. The molecule has 5 N–H and O–H groups in total. The predicted molar refractivity (Wildman–Crippen MR) is 79.7 cm³/mol. The lowest BCUT2D eigenvalue weighted by molar-refractivity contribution is -0.136. The van der Waals surface area contributed by atoms with Crippen LogP contribution in [0.3, 0.4) is 0 Å². The van der Waals surface area contributed by atoms with Crippen LogP contribution in [-0.4, -0.2) is 35.3 Å². The van der Waals surface area contributed by atoms with Gasteiger partial charge in [0, 0.05) is 13.0 Å². The van der Waals surface area contributed by atoms with E-state index in [1.54, 1.807) is 24.3 Å². The van der Waals surface area contributed by atoms with Gasteiger partial charge in [0.25, 0.3) is 5.91 Å². The van der Waals surface area contributed by atoms with Gasteiger partial charge in [-0.2, -0.15) is 0 Å². The van der Waals surface area contributed by atoms with Crippen molar-refractivity contribution in [3.63, 3.8) is 0 Å². The van der Waals surface area contributed by atoms with Crippen LogP contribution in [-0.2, 0) is 14.2 Å². The van der Waals surface area contributed by atoms with E-state index in [2.05, 4.69) is 5.09 Å². The molecule has 1 aliphatic rings. The maximum Gasteiger partial charge on any atom is 0.494 e. The molecular weight excluding hydrogens is 307 g/mol. The fourth-order valence-corrected chi connectivity index (χ4v) is 3.23. The van der Waals surface area contributed by atoms with Gasteiger partial charge in [0.05, 0.1) is 0 Å². The van der Waals surface area contributed by atoms with Gasteiger partial charge in [-0.05, 0) is 23.1 Å². The Kier molecular flexibility index (Phi) is 5.07. The molecule has 1 saturated heterocycles. The van der Waals surface area contributed by atoms with Gasteiger partial charge in [-0.25, -0.2) is 5.84 Å². The molecule has 0 aromatic heterocycles. The lowest BCUT2D eigenvalue weighted by Gasteiger charge is -2.28. The first-order valence-corrected chi connectivity index (χ1v) is 7.99. The first-order valence-electron chi connectivity index (χ1n) is 6.74. The molecule has 1 heterocycles. The number of para-hydroxylation sites is 1. The average Bonchev–Trinajstić information content (AvgIpc) is 2.51. The van der Waals surface area contributed by atoms with Crippen LogP contribution in [0.15, 0.2) is 30.3 Å². The summed E-state index contributed by atoms with van der Waals surface area (Å²) in [6, 6.07) is 8.72. The number of piperidine rings is 1. The Hall–Kier alpha value is -2.02. The number of rotatable bonds is 5. The highest BCUT2D eigenvalue weighted by atomic mass is 31.1. The zero-order chi connectivity index (χ0) is 16.2. The second-order valence-electron chi connectivity index (χ2n) is 4.96. The van der Waals surface area contributed by atoms with E-state index >= 15 is 0 Å². The lowest BCUT2D eigenvalue weighted by atomic mass is 10.1. The molecule has 0 bridgehead atoms. The van der Waals surface area contributed by atoms with Crippen LogP contribution in [0.1, 0.15) is 12.8 Å². The SMILES string of the molecule is NN1CCCC(N)([P+](=O)NC(=O)COc2ccccc2)C1=O. The van der Waals surface area contributed by atoms with Crippen molar-refractivity contribution in [2.45, 2.75) is 18.1 Å². The largest absolute Gasteiger partial charge is 0.494 e. The molecule has 0 radical (unpaired) electrons. The summed E-state index contributed by atoms with van der Waals surface area (Å²) in [5.74, 6) is 4.76. The summed E-state index contributed by atoms with van der Waals surface area (Å²) >= 11 is 0. The number of carbonyl (C=O) groups is 2. The van der Waals surface area contributed by atoms with Gasteiger partial charge in [0.2, 0.25) is 0 Å². The average molecular weight is 325 g/mol. The van der Waals surface area contributed by atoms with Gasteiger partial charge in [-0.1, -0.05) is 18.2 Å². The van der Waals surface area contributed by atoms with Crippen LogP contribution in [0.2, 0.25) is 0 Å². The number of amides is 2. The van der Waals surface area contributed by atoms with Crippen molar-refractivity contribution in [2.75, 3.05) is 13.2 Å². The first kappa shape index (κ1) is 16.4. The molecule has 1 fully saturated rings. The summed E-state index contributed by atoms with van der Waals surface area (Å²) in [5, 5.41) is 1.50. The number of carbonyl (C=O) groups excluding carboxylic acids is 2. The van der Waals surface area contributed by atoms with Crippen LogP contribution >= 0.6 is 7.95 Å². The minimum atomic E-state index is -2.49. The molecule has 1 aromatic rings. The second kappa shape index (κ2) is 6.83. The highest BCUT2D eigenvalue weighted by Gasteiger charge is 2.57. The summed E-state index contributed by atoms with van der Waals surface area (Å²) < 4.78 is 17.5. The van der Waals surface area contributed by atoms with Crippen LogP contribution in [0.25, 0.3) is 0 Å². The molecule has 1 aliphatic heterocycles. The quantitative estimate of drug-likeness (QED) is 0.399. The molecule has 2 atom stereocenters. The highest BCUT2D eigenvalue weighted by molar-refractivity contribution is 7.46. The summed E-state index contributed by atoms with van der Waals surface area (Å²) in [6.07, 6.45) is 0.727. The van der Waals surface area contributed by atoms with Crippen molar-refractivity contribution in [1.29, 1.82) is 0 Å². The lowest BCUT2D eigenvalue weighted by Crippen LogP contribution is -2.60. The van der Waals surface area contributed by atoms with Crippen LogP contribution in [0.4, 0.5) is 0 Å². The Bertz CT molecular complexity index is 583. The van der Waals surface area contributed by atoms with Gasteiger partial charge in [0.15, 0.2) is 6.61 Å². The van der Waals surface area contributed by atoms with E-state index < -0.39 is 25.0 Å². The van der Waals surface area contributed by atoms with Crippen molar-refractivity contribution in [3.8, 4) is 5.75 Å². The van der Waals surface area contributed by atoms with Crippen molar-refractivity contribution < 1.29 is 18.9 Å². The molecule has 118 valence electrons. The Morgan fingerprint density at radius 3 is 2.77 bits per heavy atom. The van der Waals surface area contributed by atoms with Gasteiger partial charge in [-0.15, -0.1) is 5.09 Å². The maximum atomic E-state index is 12.2. The predicted octanol–water partition coefficient (Wildman–Crippen LogP) is 0.0751. The third-order valence-corrected chi connectivity index (χ3v) is 4.88. The molecule has 0 spiro atoms. The van der Waals surface area contributed by atoms with Crippen molar-refractivity contribution in [3.05, 3.63) is 30.3 Å². The van der Waals surface area contributed by atoms with Gasteiger partial charge >= 0.3 is 19.1 Å². The normalized spacial score (nSPS) is 22.2. The number of ether oxygens (including phenoxy) is 1. The second-order valence-corrected chi connectivity index (χ2v) is 6.57. The summed E-state index contributed by atoms with van der Waals surface area (Å²) in [7, 11) is -2.49. The van der Waals surface area contributed by atoms with E-state index in [0.29, 0.717) is 18.7 Å². The van der Waals surface area contributed by atoms with Gasteiger partial charge < -0.3 is 4.74 Å². The van der Waals surface area contributed by atoms with Crippen molar-refractivity contribution in [2.24, 2.45) is 11.6 Å². The van der Waals surface area contributed by atoms with E-state index in [-0.39, 0.29) is 13.0 Å². The third kappa shape index (κ3) is 3.59. The van der Waals surface area contributed by atoms with Crippen molar-refractivity contribution in [1.82, 2.24) is 10.1 Å². The summed E-state index contributed by atoms with van der Waals surface area (Å²) in [5.41, 5.74) is 5.88. The number of hydrogen-bond acceptors (Lipinski definition) is 6. The van der Waals surface area contributed by atoms with Crippen LogP contribution in [0, 0.1) is 0 Å². The highest BCUT2D eigenvalue weighted by Crippen LogP contribution is 2.38. The number of benzene rings is 1. The molecule has 0 aliphatic carbocycles. The number of nitrogens with zero attached hydrogens (tertiary/aromatic N) is 1. The summed E-state index contributed by atoms with van der Waals surface area (Å²) in [4.78, 5) is 23.7. The maximum absolute atomic E-state index is 12.2. The Morgan fingerprint density at radius 1 is 1.41 bits per heavy atom. The minimum absolute atomic E-state index is 0.203. The van der Waals surface area contributed by atoms with Gasteiger partial charge in [0.1, 0.15) is 5.75 Å². The fraction of sp³-hybridized carbons (Fsp3) is 0.385. The number of hydrazine groups is 1. The fourth-order valence-electron chi connectivity index (χ4n) is 2.08. The van der Waals surface area contributed by atoms with E-state index in [1.165, 1.54) is 0 Å². The van der Waals surface area contributed by atoms with Crippen molar-refractivity contribution >= 4 is 19.8 Å². The smallest absolute Gasteiger partial charge is 0.484 e. The van der Waals surface area contributed by atoms with E-state index in [0.717, 1.165) is 5.01 Å². The molecule has 1 aromatic carbocycles. The zero-order valence-corrected chi connectivity index (χ0v) is 12.8. The van der Waals surface area contributed by atoms with Crippen LogP contribution in [0.5, 0.6) is 5.75 Å². The first-order chi connectivity index (χ1) is 10.4. The van der Waals surface area contributed by atoms with Crippen LogP contribution < -0.4 is 21.4 Å². The molecule has 9 heteroatoms. The Labute approximate surface area is 128 Å². The number of nitrogens with one attached hydrogen (secondary N) is 1. The van der Waals surface area contributed by atoms with E-state index in [4.69, 9.17) is 16.3 Å². The molecular formula is C13H18N4O4P+. The monoisotopic (exact) mass is 325 g/mol. The van der Waals surface area contributed by atoms with E-state index in [1.807, 2.05) is 6.07 Å². The molecule has 2 unspecified atom stereocenters. The van der Waals surface area contributed by atoms with Gasteiger partial charge in [-0.3, -0.25) is 20.3 Å². The molecule has 22 heavy (non-hydrogen) atoms. The Balaban J connectivity index is 1.90. The zero-order valence-electron chi connectivity index (χ0n) is 11.9. The Morgan fingerprint density at radius 2 is 2.09 bits per heavy atom.